The molecule has 0 atom stereocenters. The molecule has 0 bridgehead atoms. The van der Waals surface area contributed by atoms with Gasteiger partial charge in [0.25, 0.3) is 0 Å². The number of nitrogens with one attached hydrogen (secondary N) is 1. The predicted octanol–water partition coefficient (Wildman–Crippen LogP) is 4.46. The van der Waals surface area contributed by atoms with Crippen LogP contribution in [0.3, 0.4) is 0 Å². The maximum absolute atomic E-state index is 11.3. The Balaban J connectivity index is 1.96. The van der Waals surface area contributed by atoms with E-state index in [0.717, 1.165) is 5.56 Å². The summed E-state index contributed by atoms with van der Waals surface area (Å²) in [6.07, 6.45) is 0. The highest BCUT2D eigenvalue weighted by molar-refractivity contribution is 9.10. The molecule has 3 aromatic rings. The second-order valence-corrected chi connectivity index (χ2v) is 6.11. The molecule has 0 saturated carbocycles. The topological polar surface area (TPSA) is 78.9 Å². The van der Waals surface area contributed by atoms with Crippen LogP contribution in [-0.2, 0) is 4.79 Å². The lowest BCUT2D eigenvalue weighted by molar-refractivity contribution is -0.113. The molecule has 0 fully saturated rings. The van der Waals surface area contributed by atoms with Crippen molar-refractivity contribution >= 4 is 54.6 Å². The van der Waals surface area contributed by atoms with Crippen LogP contribution in [0.15, 0.2) is 45.3 Å². The second-order valence-electron chi connectivity index (χ2n) is 4.70. The summed E-state index contributed by atoms with van der Waals surface area (Å²) >= 11 is 6.48. The number of amides is 1. The van der Waals surface area contributed by atoms with Gasteiger partial charge >= 0.3 is 0 Å². The van der Waals surface area contributed by atoms with Crippen molar-refractivity contribution in [3.63, 3.8) is 0 Å². The molecule has 0 spiro atoms. The molecule has 2 aromatic carbocycles. The summed E-state index contributed by atoms with van der Waals surface area (Å²) in [6.45, 7) is 0. The quantitative estimate of drug-likeness (QED) is 0.617. The van der Waals surface area contributed by atoms with Gasteiger partial charge in [-0.05, 0) is 52.3 Å². The number of rotatable bonds is 3. The van der Waals surface area contributed by atoms with Gasteiger partial charge in [-0.15, -0.1) is 0 Å². The van der Waals surface area contributed by atoms with Gasteiger partial charge < -0.3 is 9.73 Å². The van der Waals surface area contributed by atoms with Crippen molar-refractivity contribution in [1.82, 2.24) is 4.98 Å². The van der Waals surface area contributed by atoms with Gasteiger partial charge in [-0.25, -0.2) is 4.98 Å². The van der Waals surface area contributed by atoms with E-state index < -0.39 is 0 Å². The first-order valence-electron chi connectivity index (χ1n) is 6.57. The molecule has 1 N–H and O–H groups in total. The Morgan fingerprint density at radius 2 is 2.04 bits per heavy atom. The monoisotopic (exact) mass is 433 g/mol. The van der Waals surface area contributed by atoms with Crippen molar-refractivity contribution < 1.29 is 9.21 Å². The van der Waals surface area contributed by atoms with Gasteiger partial charge in [0.05, 0.1) is 21.4 Å². The van der Waals surface area contributed by atoms with E-state index in [2.05, 4.69) is 48.2 Å². The number of benzene rings is 2. The van der Waals surface area contributed by atoms with E-state index in [0.29, 0.717) is 32.7 Å². The fourth-order valence-electron chi connectivity index (χ4n) is 2.07. The van der Waals surface area contributed by atoms with Gasteiger partial charge in [0.15, 0.2) is 5.58 Å². The predicted molar refractivity (Wildman–Crippen MR) is 94.3 cm³/mol. The van der Waals surface area contributed by atoms with Crippen molar-refractivity contribution in [3.8, 4) is 17.5 Å². The molecule has 23 heavy (non-hydrogen) atoms. The molecule has 0 radical (unpaired) electrons. The lowest BCUT2D eigenvalue weighted by Gasteiger charge is -2.03. The lowest BCUT2D eigenvalue weighted by atomic mass is 10.2. The third-order valence-electron chi connectivity index (χ3n) is 3.11. The molecule has 1 heterocycles. The third-order valence-corrected chi connectivity index (χ3v) is 4.21. The summed E-state index contributed by atoms with van der Waals surface area (Å²) in [5, 5.41) is 12.0. The summed E-state index contributed by atoms with van der Waals surface area (Å²) in [5.74, 6) is 0.335. The highest BCUT2D eigenvalue weighted by atomic mass is 79.9. The molecule has 1 aromatic heterocycles. The Hall–Kier alpha value is -2.17. The highest BCUT2D eigenvalue weighted by Gasteiger charge is 2.12. The maximum Gasteiger partial charge on any atom is 0.235 e. The Labute approximate surface area is 148 Å². The number of carbonyl (C=O) groups is 1. The smallest absolute Gasteiger partial charge is 0.235 e. The molecular weight excluding hydrogens is 426 g/mol. The summed E-state index contributed by atoms with van der Waals surface area (Å²) < 4.78 is 6.45. The normalized spacial score (nSPS) is 10.5. The molecule has 0 aliphatic carbocycles. The summed E-state index contributed by atoms with van der Waals surface area (Å²) in [5.41, 5.74) is 3.20. The summed E-state index contributed by atoms with van der Waals surface area (Å²) in [6, 6.07) is 12.6. The van der Waals surface area contributed by atoms with E-state index in [4.69, 9.17) is 9.68 Å². The van der Waals surface area contributed by atoms with E-state index in [9.17, 15) is 4.79 Å². The van der Waals surface area contributed by atoms with Crippen LogP contribution in [0.5, 0.6) is 0 Å². The molecule has 1 amide bonds. The number of fused-ring (bicyclic) bond motifs is 1. The minimum absolute atomic E-state index is 0.118. The number of oxazole rings is 1. The first-order valence-corrected chi connectivity index (χ1v) is 8.48. The Bertz CT molecular complexity index is 927. The minimum atomic E-state index is -0.118. The van der Waals surface area contributed by atoms with E-state index in [1.807, 2.05) is 12.1 Å². The second kappa shape index (κ2) is 6.52. The average molecular weight is 435 g/mol. The standard InChI is InChI=1S/C16H9Br2N3O2/c17-7-14(22)20-11-3-1-10(2-4-11)16-21-13-6-9(8-19)5-12(18)15(13)23-16/h1-6H,7H2,(H,20,22). The average Bonchev–Trinajstić information content (AvgIpc) is 3.00. The van der Waals surface area contributed by atoms with Gasteiger partial charge in [-0.2, -0.15) is 5.26 Å². The highest BCUT2D eigenvalue weighted by Crippen LogP contribution is 2.31. The van der Waals surface area contributed by atoms with E-state index in [1.165, 1.54) is 0 Å². The van der Waals surface area contributed by atoms with Crippen LogP contribution in [0, 0.1) is 11.3 Å². The zero-order valence-electron chi connectivity index (χ0n) is 11.6. The molecule has 0 unspecified atom stereocenters. The molecule has 0 aliphatic heterocycles. The van der Waals surface area contributed by atoms with Gasteiger partial charge in [0.1, 0.15) is 5.52 Å². The number of halogens is 2. The molecule has 0 saturated heterocycles. The molecular formula is C16H9Br2N3O2. The van der Waals surface area contributed by atoms with Crippen LogP contribution in [0.4, 0.5) is 5.69 Å². The zero-order chi connectivity index (χ0) is 16.4. The van der Waals surface area contributed by atoms with Crippen LogP contribution in [0.2, 0.25) is 0 Å². The Morgan fingerprint density at radius 3 is 2.70 bits per heavy atom. The van der Waals surface area contributed by atoms with E-state index in [-0.39, 0.29) is 11.2 Å². The maximum atomic E-state index is 11.3. The van der Waals surface area contributed by atoms with Gasteiger partial charge in [-0.1, -0.05) is 15.9 Å². The van der Waals surface area contributed by atoms with E-state index in [1.54, 1.807) is 24.3 Å². The van der Waals surface area contributed by atoms with Crippen molar-refractivity contribution in [1.29, 1.82) is 5.26 Å². The fourth-order valence-corrected chi connectivity index (χ4v) is 2.74. The molecule has 5 nitrogen and oxygen atoms in total. The number of nitriles is 1. The summed E-state index contributed by atoms with van der Waals surface area (Å²) in [4.78, 5) is 15.7. The Morgan fingerprint density at radius 1 is 1.30 bits per heavy atom. The molecule has 7 heteroatoms. The number of carbonyl (C=O) groups excluding carboxylic acids is 1. The lowest BCUT2D eigenvalue weighted by Crippen LogP contribution is -2.11. The van der Waals surface area contributed by atoms with Crippen LogP contribution < -0.4 is 5.32 Å². The van der Waals surface area contributed by atoms with Crippen molar-refractivity contribution in [2.45, 2.75) is 0 Å². The zero-order valence-corrected chi connectivity index (χ0v) is 14.8. The minimum Gasteiger partial charge on any atom is -0.435 e. The fraction of sp³-hybridized carbons (Fsp3) is 0.0625. The van der Waals surface area contributed by atoms with Crippen molar-refractivity contribution in [2.75, 3.05) is 10.6 Å². The van der Waals surface area contributed by atoms with Gasteiger partial charge in [-0.3, -0.25) is 4.79 Å². The largest absolute Gasteiger partial charge is 0.435 e. The number of hydrogen-bond acceptors (Lipinski definition) is 4. The SMILES string of the molecule is N#Cc1cc(Br)c2oc(-c3ccc(NC(=O)CBr)cc3)nc2c1. The molecule has 114 valence electrons. The van der Waals surface area contributed by atoms with Gasteiger partial charge in [0.2, 0.25) is 11.8 Å². The molecule has 3 rings (SSSR count). The summed E-state index contributed by atoms with van der Waals surface area (Å²) in [7, 11) is 0. The first kappa shape index (κ1) is 15.7. The number of nitrogens with zero attached hydrogens (tertiary/aromatic N) is 2. The number of anilines is 1. The number of hydrogen-bond donors (Lipinski definition) is 1. The number of aromatic nitrogens is 1. The van der Waals surface area contributed by atoms with E-state index >= 15 is 0 Å². The van der Waals surface area contributed by atoms with Gasteiger partial charge in [0, 0.05) is 11.3 Å². The van der Waals surface area contributed by atoms with Crippen molar-refractivity contribution in [2.24, 2.45) is 0 Å². The van der Waals surface area contributed by atoms with Crippen molar-refractivity contribution in [3.05, 3.63) is 46.4 Å². The van der Waals surface area contributed by atoms with Crippen LogP contribution in [-0.4, -0.2) is 16.2 Å². The third kappa shape index (κ3) is 3.28. The van der Waals surface area contributed by atoms with Crippen LogP contribution in [0.1, 0.15) is 5.56 Å². The van der Waals surface area contributed by atoms with Crippen LogP contribution >= 0.6 is 31.9 Å². The Kier molecular flexibility index (Phi) is 4.46. The molecule has 0 aliphatic rings. The first-order chi connectivity index (χ1) is 11.1. The number of alkyl halides is 1. The van der Waals surface area contributed by atoms with Crippen LogP contribution in [0.25, 0.3) is 22.6 Å².